The molecule has 0 radical (unpaired) electrons. The van der Waals surface area contributed by atoms with Crippen LogP contribution in [0.1, 0.15) is 0 Å². The molecule has 0 atom stereocenters. The predicted molar refractivity (Wildman–Crippen MR) is 39.7 cm³/mol. The Bertz CT molecular complexity index is 337. The van der Waals surface area contributed by atoms with Crippen LogP contribution in [0.15, 0.2) is 12.4 Å². The highest BCUT2D eigenvalue weighted by atomic mass is 32.2. The maximum atomic E-state index is 11.6. The minimum atomic E-state index is -5.20. The van der Waals surface area contributed by atoms with Gasteiger partial charge in [0.05, 0.1) is 0 Å². The van der Waals surface area contributed by atoms with Crippen LogP contribution in [-0.2, 0) is 14.5 Å². The minimum absolute atomic E-state index is 0.196. The van der Waals surface area contributed by atoms with Gasteiger partial charge in [-0.2, -0.15) is 12.6 Å². The Morgan fingerprint density at radius 2 is 1.93 bits per heavy atom. The van der Waals surface area contributed by atoms with Crippen LogP contribution in [0.2, 0.25) is 0 Å². The molecule has 0 N–H and O–H groups in total. The van der Waals surface area contributed by atoms with Crippen molar-refractivity contribution in [1.29, 1.82) is 0 Å². The third-order valence-electron chi connectivity index (χ3n) is 1.34. The lowest BCUT2D eigenvalue weighted by molar-refractivity contribution is -0.273. The second kappa shape index (κ2) is 3.31. The largest absolute Gasteiger partial charge is 0.538 e. The fraction of sp³-hybridized carbons (Fsp3) is 0.600. The van der Waals surface area contributed by atoms with E-state index in [4.69, 9.17) is 0 Å². The molecule has 1 heterocycles. The third kappa shape index (κ3) is 2.77. The topological polar surface area (TPSA) is 49.9 Å². The van der Waals surface area contributed by atoms with E-state index in [0.29, 0.717) is 4.31 Å². The van der Waals surface area contributed by atoms with Gasteiger partial charge in [0.2, 0.25) is 0 Å². The zero-order valence-electron chi connectivity index (χ0n) is 7.02. The van der Waals surface area contributed by atoms with Crippen LogP contribution in [0.3, 0.4) is 0 Å². The van der Waals surface area contributed by atoms with Crippen molar-refractivity contribution in [2.75, 3.05) is 13.7 Å². The Balaban J connectivity index is 2.73. The van der Waals surface area contributed by atoms with Crippen LogP contribution < -0.4 is 0 Å². The number of nitrogens with zero attached hydrogens (tertiary/aromatic N) is 2. The maximum Gasteiger partial charge on any atom is 0.538 e. The summed E-state index contributed by atoms with van der Waals surface area (Å²) >= 11 is 0. The summed E-state index contributed by atoms with van der Waals surface area (Å²) in [4.78, 5) is 1.39. The highest BCUT2D eigenvalue weighted by Crippen LogP contribution is 2.23. The first-order valence-electron chi connectivity index (χ1n) is 3.38. The zero-order chi connectivity index (χ0) is 11.0. The summed E-state index contributed by atoms with van der Waals surface area (Å²) in [5.74, 6) is 0. The molecule has 82 valence electrons. The summed E-state index contributed by atoms with van der Waals surface area (Å²) in [6.45, 7) is -0.196. The summed E-state index contributed by atoms with van der Waals surface area (Å²) in [5.41, 5.74) is 0. The van der Waals surface area contributed by atoms with Gasteiger partial charge in [-0.15, -0.1) is 13.2 Å². The molecule has 0 aromatic carbocycles. The van der Waals surface area contributed by atoms with E-state index in [9.17, 15) is 21.6 Å². The lowest BCUT2D eigenvalue weighted by Gasteiger charge is -2.18. The summed E-state index contributed by atoms with van der Waals surface area (Å²) in [7, 11) is -3.26. The molecular formula is C5H7F3N2O3S. The lowest BCUT2D eigenvalue weighted by atomic mass is 10.9. The SMILES string of the molecule is CN1C=CN(S(=O)(=O)OC(F)(F)F)C1. The van der Waals surface area contributed by atoms with Crippen molar-refractivity contribution in [3.63, 3.8) is 0 Å². The van der Waals surface area contributed by atoms with Crippen LogP contribution in [0.4, 0.5) is 13.2 Å². The molecule has 1 aliphatic heterocycles. The van der Waals surface area contributed by atoms with Crippen molar-refractivity contribution < 1.29 is 25.8 Å². The molecule has 0 saturated carbocycles. The van der Waals surface area contributed by atoms with E-state index in [-0.39, 0.29) is 6.67 Å². The van der Waals surface area contributed by atoms with Gasteiger partial charge in [0.15, 0.2) is 0 Å². The Morgan fingerprint density at radius 3 is 2.29 bits per heavy atom. The first kappa shape index (κ1) is 11.1. The monoisotopic (exact) mass is 232 g/mol. The molecule has 0 fully saturated rings. The average Bonchev–Trinajstić information content (AvgIpc) is 2.29. The Hall–Kier alpha value is -0.960. The van der Waals surface area contributed by atoms with Crippen LogP contribution >= 0.6 is 0 Å². The van der Waals surface area contributed by atoms with Crippen molar-refractivity contribution in [2.45, 2.75) is 6.36 Å². The van der Waals surface area contributed by atoms with Gasteiger partial charge >= 0.3 is 16.7 Å². The van der Waals surface area contributed by atoms with Gasteiger partial charge in [0.1, 0.15) is 6.67 Å². The van der Waals surface area contributed by atoms with E-state index in [0.717, 1.165) is 6.20 Å². The van der Waals surface area contributed by atoms with Gasteiger partial charge in [-0.3, -0.25) is 0 Å². The highest BCUT2D eigenvalue weighted by molar-refractivity contribution is 7.84. The molecule has 0 aromatic rings. The molecule has 0 amide bonds. The van der Waals surface area contributed by atoms with Crippen LogP contribution in [0.5, 0.6) is 0 Å². The Kier molecular flexibility index (Phi) is 2.63. The van der Waals surface area contributed by atoms with Gasteiger partial charge < -0.3 is 4.90 Å². The lowest BCUT2D eigenvalue weighted by Crippen LogP contribution is -2.34. The first-order chi connectivity index (χ1) is 6.21. The van der Waals surface area contributed by atoms with E-state index in [2.05, 4.69) is 4.18 Å². The highest BCUT2D eigenvalue weighted by Gasteiger charge is 2.40. The van der Waals surface area contributed by atoms with Crippen molar-refractivity contribution in [1.82, 2.24) is 9.21 Å². The summed E-state index contributed by atoms with van der Waals surface area (Å²) in [5, 5.41) is 0. The quantitative estimate of drug-likeness (QED) is 0.693. The molecule has 0 bridgehead atoms. The van der Waals surface area contributed by atoms with Gasteiger partial charge in [0, 0.05) is 19.4 Å². The molecule has 0 aliphatic carbocycles. The molecule has 0 saturated heterocycles. The second-order valence-electron chi connectivity index (χ2n) is 2.57. The van der Waals surface area contributed by atoms with Crippen LogP contribution in [0, 0.1) is 0 Å². The van der Waals surface area contributed by atoms with Crippen molar-refractivity contribution in [2.24, 2.45) is 0 Å². The standard InChI is InChI=1S/C5H7F3N2O3S/c1-9-2-3-10(4-9)14(11,12)13-5(6,7)8/h2-3H,4H2,1H3. The predicted octanol–water partition coefficient (Wildman–Crippen LogP) is 0.444. The van der Waals surface area contributed by atoms with Gasteiger partial charge in [-0.1, -0.05) is 0 Å². The van der Waals surface area contributed by atoms with E-state index >= 15 is 0 Å². The van der Waals surface area contributed by atoms with E-state index in [1.165, 1.54) is 18.1 Å². The molecule has 0 aromatic heterocycles. The fourth-order valence-corrected chi connectivity index (χ4v) is 1.68. The second-order valence-corrected chi connectivity index (χ2v) is 4.06. The number of alkyl halides is 3. The molecule has 0 spiro atoms. The molecule has 1 aliphatic rings. The maximum absolute atomic E-state index is 11.6. The summed E-state index contributed by atoms with van der Waals surface area (Å²) in [6.07, 6.45) is -2.90. The number of halogens is 3. The number of rotatable bonds is 2. The van der Waals surface area contributed by atoms with Gasteiger partial charge in [-0.25, -0.2) is 4.31 Å². The third-order valence-corrected chi connectivity index (χ3v) is 2.55. The molecule has 1 rings (SSSR count). The summed E-state index contributed by atoms with van der Waals surface area (Å²) in [6, 6.07) is 0. The first-order valence-corrected chi connectivity index (χ1v) is 4.75. The van der Waals surface area contributed by atoms with Gasteiger partial charge in [0.25, 0.3) is 0 Å². The van der Waals surface area contributed by atoms with E-state index in [1.54, 1.807) is 0 Å². The van der Waals surface area contributed by atoms with E-state index in [1.807, 2.05) is 0 Å². The van der Waals surface area contributed by atoms with Crippen molar-refractivity contribution in [3.8, 4) is 0 Å². The molecule has 5 nitrogen and oxygen atoms in total. The van der Waals surface area contributed by atoms with Crippen LogP contribution in [0.25, 0.3) is 0 Å². The number of hydrogen-bond acceptors (Lipinski definition) is 4. The van der Waals surface area contributed by atoms with Crippen molar-refractivity contribution >= 4 is 10.3 Å². The molecule has 14 heavy (non-hydrogen) atoms. The smallest absolute Gasteiger partial charge is 0.361 e. The molecule has 9 heteroatoms. The Labute approximate surface area is 78.6 Å². The zero-order valence-corrected chi connectivity index (χ0v) is 7.84. The number of hydrogen-bond donors (Lipinski definition) is 0. The van der Waals surface area contributed by atoms with Crippen molar-refractivity contribution in [3.05, 3.63) is 12.4 Å². The average molecular weight is 232 g/mol. The summed E-state index contributed by atoms with van der Waals surface area (Å²) < 4.78 is 60.1. The fourth-order valence-electron chi connectivity index (χ4n) is 0.815. The normalized spacial score (nSPS) is 18.0. The Morgan fingerprint density at radius 1 is 1.36 bits per heavy atom. The molecule has 0 unspecified atom stereocenters. The molecular weight excluding hydrogens is 225 g/mol. The van der Waals surface area contributed by atoms with Gasteiger partial charge in [-0.05, 0) is 0 Å². The van der Waals surface area contributed by atoms with Crippen LogP contribution in [-0.4, -0.2) is 37.7 Å². The minimum Gasteiger partial charge on any atom is -0.361 e. The van der Waals surface area contributed by atoms with E-state index < -0.39 is 16.7 Å².